The van der Waals surface area contributed by atoms with E-state index < -0.39 is 16.6 Å². The molecule has 1 amide bonds. The minimum atomic E-state index is -0.788. The van der Waals surface area contributed by atoms with Crippen LogP contribution in [0.4, 0.5) is 10.1 Å². The molecule has 1 aromatic rings. The second-order valence-corrected chi connectivity index (χ2v) is 3.44. The highest BCUT2D eigenvalue weighted by atomic mass is 19.1. The second kappa shape index (κ2) is 5.35. The molecule has 1 aromatic carbocycles. The molecule has 0 aromatic heterocycles. The van der Waals surface area contributed by atoms with Gasteiger partial charge in [0.2, 0.25) is 0 Å². The summed E-state index contributed by atoms with van der Waals surface area (Å²) in [5.41, 5.74) is 4.62. The summed E-state index contributed by atoms with van der Waals surface area (Å²) in [7, 11) is 1.45. The lowest BCUT2D eigenvalue weighted by atomic mass is 10.1. The first-order chi connectivity index (χ1) is 7.97. The van der Waals surface area contributed by atoms with Crippen molar-refractivity contribution in [2.24, 2.45) is 5.73 Å². The number of amides is 1. The second-order valence-electron chi connectivity index (χ2n) is 3.44. The van der Waals surface area contributed by atoms with E-state index in [2.05, 4.69) is 0 Å². The molecule has 0 radical (unpaired) electrons. The largest absolute Gasteiger partial charge is 0.340 e. The number of likely N-dealkylation sites (N-methyl/N-ethyl adjacent to an activating group) is 1. The number of hydrogen-bond donors (Lipinski definition) is 1. The molecule has 0 unspecified atom stereocenters. The van der Waals surface area contributed by atoms with Gasteiger partial charge in [0.15, 0.2) is 0 Å². The van der Waals surface area contributed by atoms with Crippen LogP contribution in [0.3, 0.4) is 0 Å². The van der Waals surface area contributed by atoms with E-state index in [9.17, 15) is 19.3 Å². The summed E-state index contributed by atoms with van der Waals surface area (Å²) in [6.45, 7) is 0.486. The van der Waals surface area contributed by atoms with Gasteiger partial charge in [-0.25, -0.2) is 4.39 Å². The topological polar surface area (TPSA) is 89.5 Å². The summed E-state index contributed by atoms with van der Waals surface area (Å²) >= 11 is 0. The van der Waals surface area contributed by atoms with Crippen LogP contribution in [0, 0.1) is 15.9 Å². The first-order valence-corrected chi connectivity index (χ1v) is 4.87. The molecule has 0 heterocycles. The number of hydrogen-bond acceptors (Lipinski definition) is 4. The maximum absolute atomic E-state index is 13.4. The third-order valence-corrected chi connectivity index (χ3v) is 2.20. The van der Waals surface area contributed by atoms with Crippen LogP contribution in [0.25, 0.3) is 0 Å². The van der Waals surface area contributed by atoms with Crippen molar-refractivity contribution in [3.05, 3.63) is 39.7 Å². The van der Waals surface area contributed by atoms with E-state index in [1.54, 1.807) is 0 Å². The molecule has 2 N–H and O–H groups in total. The molecule has 0 fully saturated rings. The zero-order valence-corrected chi connectivity index (χ0v) is 9.22. The van der Waals surface area contributed by atoms with Gasteiger partial charge < -0.3 is 10.6 Å². The van der Waals surface area contributed by atoms with Crippen molar-refractivity contribution < 1.29 is 14.1 Å². The molecule has 0 saturated heterocycles. The van der Waals surface area contributed by atoms with Gasteiger partial charge in [-0.1, -0.05) is 0 Å². The van der Waals surface area contributed by atoms with Crippen molar-refractivity contribution in [3.8, 4) is 0 Å². The van der Waals surface area contributed by atoms with Crippen molar-refractivity contribution in [2.75, 3.05) is 20.1 Å². The van der Waals surface area contributed by atoms with Crippen molar-refractivity contribution in [3.63, 3.8) is 0 Å². The van der Waals surface area contributed by atoms with Gasteiger partial charge in [0.05, 0.1) is 10.5 Å². The Morgan fingerprint density at radius 3 is 2.76 bits per heavy atom. The van der Waals surface area contributed by atoms with Gasteiger partial charge in [0.1, 0.15) is 5.82 Å². The van der Waals surface area contributed by atoms with E-state index in [-0.39, 0.29) is 24.3 Å². The predicted molar refractivity (Wildman–Crippen MR) is 59.1 cm³/mol. The highest BCUT2D eigenvalue weighted by Crippen LogP contribution is 2.17. The van der Waals surface area contributed by atoms with Crippen LogP contribution >= 0.6 is 0 Å². The summed E-state index contributed by atoms with van der Waals surface area (Å²) in [4.78, 5) is 22.8. The van der Waals surface area contributed by atoms with E-state index in [0.29, 0.717) is 0 Å². The van der Waals surface area contributed by atoms with Crippen molar-refractivity contribution in [1.82, 2.24) is 4.90 Å². The van der Waals surface area contributed by atoms with Crippen LogP contribution in [0.5, 0.6) is 0 Å². The normalized spacial score (nSPS) is 10.1. The lowest BCUT2D eigenvalue weighted by Crippen LogP contribution is -2.32. The molecule has 0 spiro atoms. The molecule has 0 aliphatic rings. The smallest absolute Gasteiger partial charge is 0.270 e. The fraction of sp³-hybridized carbons (Fsp3) is 0.300. The minimum Gasteiger partial charge on any atom is -0.340 e. The van der Waals surface area contributed by atoms with Crippen LogP contribution in [0.15, 0.2) is 18.2 Å². The minimum absolute atomic E-state index is 0.235. The first kappa shape index (κ1) is 13.0. The summed E-state index contributed by atoms with van der Waals surface area (Å²) in [5.74, 6) is -1.42. The Morgan fingerprint density at radius 2 is 2.24 bits per heavy atom. The van der Waals surface area contributed by atoms with E-state index in [1.165, 1.54) is 11.9 Å². The van der Waals surface area contributed by atoms with Crippen molar-refractivity contribution in [1.29, 1.82) is 0 Å². The van der Waals surface area contributed by atoms with E-state index in [1.807, 2.05) is 0 Å². The first-order valence-electron chi connectivity index (χ1n) is 4.87. The maximum Gasteiger partial charge on any atom is 0.270 e. The highest BCUT2D eigenvalue weighted by Gasteiger charge is 2.19. The molecule has 1 rings (SSSR count). The van der Waals surface area contributed by atoms with Gasteiger partial charge in [-0.15, -0.1) is 0 Å². The molecule has 92 valence electrons. The third kappa shape index (κ3) is 2.97. The molecule has 6 nitrogen and oxygen atoms in total. The van der Waals surface area contributed by atoms with Gasteiger partial charge in [0, 0.05) is 32.3 Å². The molecular weight excluding hydrogens is 229 g/mol. The van der Waals surface area contributed by atoms with E-state index in [0.717, 1.165) is 18.2 Å². The summed E-state index contributed by atoms with van der Waals surface area (Å²) < 4.78 is 13.4. The number of non-ortho nitro benzene ring substituents is 1. The Bertz CT molecular complexity index is 450. The Balaban J connectivity index is 3.07. The molecule has 0 bridgehead atoms. The fourth-order valence-corrected chi connectivity index (χ4v) is 1.29. The Labute approximate surface area is 97.0 Å². The van der Waals surface area contributed by atoms with Crippen LogP contribution in [0.1, 0.15) is 10.4 Å². The zero-order valence-electron chi connectivity index (χ0n) is 9.22. The SMILES string of the molecule is CN(CCN)C(=O)c1cc([N+](=O)[O-])ccc1F. The van der Waals surface area contributed by atoms with Gasteiger partial charge in [-0.2, -0.15) is 0 Å². The average molecular weight is 241 g/mol. The highest BCUT2D eigenvalue weighted by molar-refractivity contribution is 5.95. The van der Waals surface area contributed by atoms with E-state index in [4.69, 9.17) is 5.73 Å². The molecule has 0 atom stereocenters. The molecule has 0 aliphatic carbocycles. The van der Waals surface area contributed by atoms with Crippen molar-refractivity contribution >= 4 is 11.6 Å². The van der Waals surface area contributed by atoms with Gasteiger partial charge in [0.25, 0.3) is 11.6 Å². The summed E-state index contributed by atoms with van der Waals surface area (Å²) in [6, 6.07) is 2.83. The molecule has 0 aliphatic heterocycles. The zero-order chi connectivity index (χ0) is 13.0. The lowest BCUT2D eigenvalue weighted by Gasteiger charge is -2.16. The van der Waals surface area contributed by atoms with Crippen molar-refractivity contribution in [2.45, 2.75) is 0 Å². The Kier molecular flexibility index (Phi) is 4.11. The number of nitro benzene ring substituents is 1. The summed E-state index contributed by atoms with van der Waals surface area (Å²) in [6.07, 6.45) is 0. The number of rotatable bonds is 4. The Hall–Kier alpha value is -2.02. The average Bonchev–Trinajstić information content (AvgIpc) is 2.28. The molecule has 0 saturated carbocycles. The number of halogens is 1. The number of carbonyl (C=O) groups excluding carboxylic acids is 1. The van der Waals surface area contributed by atoms with Gasteiger partial charge in [-0.05, 0) is 6.07 Å². The number of carbonyl (C=O) groups is 1. The van der Waals surface area contributed by atoms with Gasteiger partial charge >= 0.3 is 0 Å². The van der Waals surface area contributed by atoms with Crippen LogP contribution in [0.2, 0.25) is 0 Å². The van der Waals surface area contributed by atoms with Crippen LogP contribution in [-0.4, -0.2) is 35.9 Å². The third-order valence-electron chi connectivity index (χ3n) is 2.20. The number of nitro groups is 1. The number of nitrogens with two attached hydrogens (primary N) is 1. The number of benzene rings is 1. The van der Waals surface area contributed by atoms with E-state index >= 15 is 0 Å². The quantitative estimate of drug-likeness (QED) is 0.622. The van der Waals surface area contributed by atoms with Gasteiger partial charge in [-0.3, -0.25) is 14.9 Å². The maximum atomic E-state index is 13.4. The molecule has 7 heteroatoms. The summed E-state index contributed by atoms with van der Waals surface area (Å²) in [5, 5.41) is 10.5. The van der Waals surface area contributed by atoms with Crippen LogP contribution < -0.4 is 5.73 Å². The molecular formula is C10H12FN3O3. The Morgan fingerprint density at radius 1 is 1.59 bits per heavy atom. The monoisotopic (exact) mass is 241 g/mol. The predicted octanol–water partition coefficient (Wildman–Crippen LogP) is 0.765. The van der Waals surface area contributed by atoms with Crippen LogP contribution in [-0.2, 0) is 0 Å². The standard InChI is InChI=1S/C10H12FN3O3/c1-13(5-4-12)10(15)8-6-7(14(16)17)2-3-9(8)11/h2-3,6H,4-5,12H2,1H3. The fourth-order valence-electron chi connectivity index (χ4n) is 1.29. The molecule has 17 heavy (non-hydrogen) atoms. The number of nitrogens with zero attached hydrogens (tertiary/aromatic N) is 2. The lowest BCUT2D eigenvalue weighted by molar-refractivity contribution is -0.384.